The van der Waals surface area contributed by atoms with Gasteiger partial charge in [-0.15, -0.1) is 0 Å². The molecular weight excluding hydrogens is 204 g/mol. The largest absolute Gasteiger partial charge is 0.391 e. The molecule has 1 fully saturated rings. The lowest BCUT2D eigenvalue weighted by Crippen LogP contribution is -2.41. The average Bonchev–Trinajstić information content (AvgIpc) is 2.75. The van der Waals surface area contributed by atoms with Crippen LogP contribution in [-0.4, -0.2) is 36.2 Å². The molecule has 0 aliphatic heterocycles. The van der Waals surface area contributed by atoms with E-state index in [2.05, 4.69) is 10.6 Å². The summed E-state index contributed by atoms with van der Waals surface area (Å²) in [5.41, 5.74) is 0. The molecule has 4 nitrogen and oxygen atoms in total. The third-order valence-electron chi connectivity index (χ3n) is 3.18. The van der Waals surface area contributed by atoms with E-state index in [-0.39, 0.29) is 11.8 Å². The summed E-state index contributed by atoms with van der Waals surface area (Å²) >= 11 is 0. The van der Waals surface area contributed by atoms with E-state index in [1.807, 2.05) is 13.8 Å². The maximum absolute atomic E-state index is 11.4. The molecule has 1 aliphatic rings. The zero-order chi connectivity index (χ0) is 12.0. The zero-order valence-electron chi connectivity index (χ0n) is 10.3. The van der Waals surface area contributed by atoms with Gasteiger partial charge in [-0.25, -0.2) is 0 Å². The fourth-order valence-electron chi connectivity index (χ4n) is 1.88. The molecule has 0 radical (unpaired) electrons. The van der Waals surface area contributed by atoms with Gasteiger partial charge in [0.05, 0.1) is 12.6 Å². The van der Waals surface area contributed by atoms with Crippen LogP contribution in [0.25, 0.3) is 0 Å². The molecule has 0 spiro atoms. The van der Waals surface area contributed by atoms with Gasteiger partial charge >= 0.3 is 0 Å². The molecule has 4 heteroatoms. The first kappa shape index (κ1) is 13.5. The predicted octanol–water partition coefficient (Wildman–Crippen LogP) is 0.652. The van der Waals surface area contributed by atoms with E-state index >= 15 is 0 Å². The molecule has 1 saturated carbocycles. The van der Waals surface area contributed by atoms with Crippen molar-refractivity contribution in [3.05, 3.63) is 0 Å². The van der Waals surface area contributed by atoms with Gasteiger partial charge in [0.1, 0.15) is 0 Å². The minimum Gasteiger partial charge on any atom is -0.391 e. The van der Waals surface area contributed by atoms with Crippen LogP contribution >= 0.6 is 0 Å². The van der Waals surface area contributed by atoms with Crippen LogP contribution in [0.4, 0.5) is 0 Å². The number of aliphatic hydroxyl groups excluding tert-OH is 1. The van der Waals surface area contributed by atoms with Crippen LogP contribution in [0.15, 0.2) is 0 Å². The highest BCUT2D eigenvalue weighted by Gasteiger charge is 2.15. The Morgan fingerprint density at radius 1 is 1.38 bits per heavy atom. The minimum atomic E-state index is -0.449. The smallest absolute Gasteiger partial charge is 0.234 e. The molecule has 0 heterocycles. The highest BCUT2D eigenvalue weighted by Crippen LogP contribution is 2.17. The highest BCUT2D eigenvalue weighted by molar-refractivity contribution is 5.78. The van der Waals surface area contributed by atoms with Gasteiger partial charge in [-0.05, 0) is 18.8 Å². The Morgan fingerprint density at radius 2 is 2.00 bits per heavy atom. The van der Waals surface area contributed by atoms with Crippen LogP contribution in [-0.2, 0) is 4.79 Å². The number of nitrogens with one attached hydrogen (secondary N) is 2. The lowest BCUT2D eigenvalue weighted by molar-refractivity contribution is -0.120. The average molecular weight is 228 g/mol. The first-order chi connectivity index (χ1) is 7.59. The number of carbonyl (C=O) groups excluding carboxylic acids is 1. The van der Waals surface area contributed by atoms with E-state index in [0.29, 0.717) is 19.1 Å². The molecule has 1 atom stereocenters. The van der Waals surface area contributed by atoms with E-state index in [4.69, 9.17) is 0 Å². The van der Waals surface area contributed by atoms with Gasteiger partial charge in [0.15, 0.2) is 0 Å². The standard InChI is InChI=1S/C12H24N2O2/c1-9(2)11(15)7-14-12(16)8-13-10-5-3-4-6-10/h9-11,13,15H,3-8H2,1-2H3,(H,14,16). The molecule has 94 valence electrons. The second-order valence-corrected chi connectivity index (χ2v) is 4.98. The van der Waals surface area contributed by atoms with Gasteiger partial charge in [0, 0.05) is 12.6 Å². The fourth-order valence-corrected chi connectivity index (χ4v) is 1.88. The van der Waals surface area contributed by atoms with Crippen LogP contribution in [0.1, 0.15) is 39.5 Å². The molecule has 1 amide bonds. The fraction of sp³-hybridized carbons (Fsp3) is 0.917. The summed E-state index contributed by atoms with van der Waals surface area (Å²) in [6.45, 7) is 4.60. The summed E-state index contributed by atoms with van der Waals surface area (Å²) in [5, 5.41) is 15.5. The lowest BCUT2D eigenvalue weighted by atomic mass is 10.1. The molecule has 3 N–H and O–H groups in total. The molecule has 1 unspecified atom stereocenters. The minimum absolute atomic E-state index is 0.0217. The number of carbonyl (C=O) groups is 1. The number of hydrogen-bond donors (Lipinski definition) is 3. The van der Waals surface area contributed by atoms with E-state index in [9.17, 15) is 9.90 Å². The van der Waals surface area contributed by atoms with Crippen LogP contribution in [0.2, 0.25) is 0 Å². The van der Waals surface area contributed by atoms with Gasteiger partial charge in [0.2, 0.25) is 5.91 Å². The normalized spacial score (nSPS) is 19.0. The van der Waals surface area contributed by atoms with Crippen molar-refractivity contribution in [1.29, 1.82) is 0 Å². The maximum atomic E-state index is 11.4. The first-order valence-electron chi connectivity index (χ1n) is 6.27. The molecule has 0 aromatic rings. The Morgan fingerprint density at radius 3 is 2.56 bits per heavy atom. The molecule has 1 aliphatic carbocycles. The molecule has 16 heavy (non-hydrogen) atoms. The van der Waals surface area contributed by atoms with Gasteiger partial charge in [-0.2, -0.15) is 0 Å². The van der Waals surface area contributed by atoms with Crippen molar-refractivity contribution in [3.8, 4) is 0 Å². The van der Waals surface area contributed by atoms with Crippen LogP contribution in [0, 0.1) is 5.92 Å². The number of hydrogen-bond acceptors (Lipinski definition) is 3. The Labute approximate surface area is 97.8 Å². The lowest BCUT2D eigenvalue weighted by Gasteiger charge is -2.16. The van der Waals surface area contributed by atoms with Gasteiger partial charge in [-0.3, -0.25) is 4.79 Å². The molecule has 0 saturated heterocycles. The van der Waals surface area contributed by atoms with Crippen LogP contribution in [0.3, 0.4) is 0 Å². The summed E-state index contributed by atoms with van der Waals surface area (Å²) in [4.78, 5) is 11.4. The number of rotatable bonds is 6. The zero-order valence-corrected chi connectivity index (χ0v) is 10.3. The van der Waals surface area contributed by atoms with Crippen molar-refractivity contribution in [1.82, 2.24) is 10.6 Å². The van der Waals surface area contributed by atoms with Gasteiger partial charge in [-0.1, -0.05) is 26.7 Å². The van der Waals surface area contributed by atoms with E-state index in [1.54, 1.807) is 0 Å². The Kier molecular flexibility index (Phi) is 5.77. The van der Waals surface area contributed by atoms with Gasteiger partial charge in [0.25, 0.3) is 0 Å². The monoisotopic (exact) mass is 228 g/mol. The van der Waals surface area contributed by atoms with E-state index in [0.717, 1.165) is 0 Å². The third kappa shape index (κ3) is 4.94. The van der Waals surface area contributed by atoms with Gasteiger partial charge < -0.3 is 15.7 Å². The van der Waals surface area contributed by atoms with Crippen molar-refractivity contribution >= 4 is 5.91 Å². The molecule has 1 rings (SSSR count). The Hall–Kier alpha value is -0.610. The van der Waals surface area contributed by atoms with Crippen LogP contribution in [0.5, 0.6) is 0 Å². The molecule has 0 bridgehead atoms. The van der Waals surface area contributed by atoms with Crippen molar-refractivity contribution in [2.75, 3.05) is 13.1 Å². The first-order valence-corrected chi connectivity index (χ1v) is 6.27. The number of aliphatic hydroxyl groups is 1. The Balaban J connectivity index is 2.06. The van der Waals surface area contributed by atoms with Crippen LogP contribution < -0.4 is 10.6 Å². The summed E-state index contributed by atoms with van der Waals surface area (Å²) in [6, 6.07) is 0.515. The second-order valence-electron chi connectivity index (χ2n) is 4.98. The number of amides is 1. The Bertz CT molecular complexity index is 205. The van der Waals surface area contributed by atoms with E-state index in [1.165, 1.54) is 25.7 Å². The molecule has 0 aromatic heterocycles. The van der Waals surface area contributed by atoms with Crippen molar-refractivity contribution < 1.29 is 9.90 Å². The van der Waals surface area contributed by atoms with Crippen molar-refractivity contribution in [2.45, 2.75) is 51.7 Å². The molecule has 0 aromatic carbocycles. The maximum Gasteiger partial charge on any atom is 0.234 e. The van der Waals surface area contributed by atoms with E-state index < -0.39 is 6.10 Å². The summed E-state index contributed by atoms with van der Waals surface area (Å²) < 4.78 is 0. The second kappa shape index (κ2) is 6.86. The summed E-state index contributed by atoms with van der Waals surface area (Å²) in [5.74, 6) is 0.162. The highest BCUT2D eigenvalue weighted by atomic mass is 16.3. The SMILES string of the molecule is CC(C)C(O)CNC(=O)CNC1CCCC1. The molecular formula is C12H24N2O2. The summed E-state index contributed by atoms with van der Waals surface area (Å²) in [6.07, 6.45) is 4.45. The summed E-state index contributed by atoms with van der Waals surface area (Å²) in [7, 11) is 0. The van der Waals surface area contributed by atoms with Crippen molar-refractivity contribution in [3.63, 3.8) is 0 Å². The third-order valence-corrected chi connectivity index (χ3v) is 3.18. The predicted molar refractivity (Wildman–Crippen MR) is 64.1 cm³/mol. The quantitative estimate of drug-likeness (QED) is 0.625. The van der Waals surface area contributed by atoms with Crippen molar-refractivity contribution in [2.24, 2.45) is 5.92 Å². The topological polar surface area (TPSA) is 61.4 Å².